The van der Waals surface area contributed by atoms with Crippen LogP contribution in [0.2, 0.25) is 0 Å². The van der Waals surface area contributed by atoms with E-state index in [2.05, 4.69) is 5.32 Å². The zero-order valence-corrected chi connectivity index (χ0v) is 13.9. The summed E-state index contributed by atoms with van der Waals surface area (Å²) in [7, 11) is 0. The van der Waals surface area contributed by atoms with Crippen LogP contribution in [0.5, 0.6) is 0 Å². The lowest BCUT2D eigenvalue weighted by molar-refractivity contribution is -0.150. The SMILES string of the molecule is CC1(C)C(=O)NC(=O)N1CC(=O)N1[C@@H]2CCCC[C@@H]2C[C@H]1C(=O)O. The number of nitrogens with zero attached hydrogens (tertiary/aromatic N) is 2. The zero-order valence-electron chi connectivity index (χ0n) is 13.9. The summed E-state index contributed by atoms with van der Waals surface area (Å²) in [6.45, 7) is 2.86. The van der Waals surface area contributed by atoms with E-state index in [4.69, 9.17) is 0 Å². The van der Waals surface area contributed by atoms with E-state index in [9.17, 15) is 24.3 Å². The number of aliphatic carboxylic acids is 1. The van der Waals surface area contributed by atoms with E-state index in [-0.39, 0.29) is 18.5 Å². The lowest BCUT2D eigenvalue weighted by Crippen LogP contribution is -2.53. The van der Waals surface area contributed by atoms with Gasteiger partial charge < -0.3 is 14.9 Å². The number of fused-ring (bicyclic) bond motifs is 1. The number of carboxylic acid groups (broad SMARTS) is 1. The van der Waals surface area contributed by atoms with E-state index in [0.717, 1.165) is 25.7 Å². The van der Waals surface area contributed by atoms with E-state index in [1.807, 2.05) is 0 Å². The molecule has 3 rings (SSSR count). The van der Waals surface area contributed by atoms with Gasteiger partial charge >= 0.3 is 12.0 Å². The van der Waals surface area contributed by atoms with Crippen molar-refractivity contribution in [3.8, 4) is 0 Å². The molecule has 3 atom stereocenters. The molecule has 0 bridgehead atoms. The van der Waals surface area contributed by atoms with Crippen molar-refractivity contribution in [3.05, 3.63) is 0 Å². The highest BCUT2D eigenvalue weighted by Crippen LogP contribution is 2.40. The van der Waals surface area contributed by atoms with Gasteiger partial charge in [0.1, 0.15) is 18.1 Å². The minimum atomic E-state index is -1.11. The van der Waals surface area contributed by atoms with Gasteiger partial charge in [-0.15, -0.1) is 0 Å². The fourth-order valence-corrected chi connectivity index (χ4v) is 4.22. The van der Waals surface area contributed by atoms with Crippen molar-refractivity contribution in [2.45, 2.75) is 63.6 Å². The molecule has 0 spiro atoms. The van der Waals surface area contributed by atoms with E-state index in [0.29, 0.717) is 6.42 Å². The Morgan fingerprint density at radius 3 is 2.50 bits per heavy atom. The molecule has 132 valence electrons. The van der Waals surface area contributed by atoms with Crippen LogP contribution in [-0.2, 0) is 14.4 Å². The lowest BCUT2D eigenvalue weighted by atomic mass is 9.85. The molecule has 1 saturated carbocycles. The average molecular weight is 337 g/mol. The van der Waals surface area contributed by atoms with Crippen molar-refractivity contribution in [2.24, 2.45) is 5.92 Å². The minimum Gasteiger partial charge on any atom is -0.480 e. The first-order chi connectivity index (χ1) is 11.2. The predicted molar refractivity (Wildman–Crippen MR) is 83.0 cm³/mol. The van der Waals surface area contributed by atoms with Crippen molar-refractivity contribution in [3.63, 3.8) is 0 Å². The van der Waals surface area contributed by atoms with Crippen LogP contribution in [0, 0.1) is 5.92 Å². The Labute approximate surface area is 140 Å². The summed E-state index contributed by atoms with van der Waals surface area (Å²) < 4.78 is 0. The number of carbonyl (C=O) groups excluding carboxylic acids is 3. The number of amides is 4. The Bertz CT molecular complexity index is 603. The lowest BCUT2D eigenvalue weighted by Gasteiger charge is -2.35. The Morgan fingerprint density at radius 2 is 1.92 bits per heavy atom. The Balaban J connectivity index is 1.81. The summed E-state index contributed by atoms with van der Waals surface area (Å²) in [5.74, 6) is -1.63. The quantitative estimate of drug-likeness (QED) is 0.732. The van der Waals surface area contributed by atoms with Crippen LogP contribution in [0.1, 0.15) is 46.0 Å². The third kappa shape index (κ3) is 2.53. The highest BCUT2D eigenvalue weighted by Gasteiger charge is 2.51. The third-order valence-electron chi connectivity index (χ3n) is 5.65. The molecule has 0 aromatic rings. The van der Waals surface area contributed by atoms with Gasteiger partial charge in [-0.25, -0.2) is 9.59 Å². The Hall–Kier alpha value is -2.12. The molecule has 0 aromatic carbocycles. The second-order valence-corrected chi connectivity index (χ2v) is 7.41. The van der Waals surface area contributed by atoms with Crippen molar-refractivity contribution < 1.29 is 24.3 Å². The molecule has 8 heteroatoms. The number of hydrogen-bond acceptors (Lipinski definition) is 4. The van der Waals surface area contributed by atoms with Crippen LogP contribution in [0.25, 0.3) is 0 Å². The number of imide groups is 1. The smallest absolute Gasteiger partial charge is 0.326 e. The van der Waals surface area contributed by atoms with Gasteiger partial charge in [-0.1, -0.05) is 12.8 Å². The van der Waals surface area contributed by atoms with Gasteiger partial charge in [-0.3, -0.25) is 14.9 Å². The molecule has 8 nitrogen and oxygen atoms in total. The highest BCUT2D eigenvalue weighted by atomic mass is 16.4. The van der Waals surface area contributed by atoms with Gasteiger partial charge in [-0.05, 0) is 39.0 Å². The number of urea groups is 1. The first kappa shape index (κ1) is 16.7. The van der Waals surface area contributed by atoms with Crippen molar-refractivity contribution in [1.82, 2.24) is 15.1 Å². The van der Waals surface area contributed by atoms with Gasteiger partial charge in [0.25, 0.3) is 5.91 Å². The molecule has 0 unspecified atom stereocenters. The van der Waals surface area contributed by atoms with Crippen LogP contribution in [-0.4, -0.2) is 62.9 Å². The summed E-state index contributed by atoms with van der Waals surface area (Å²) >= 11 is 0. The summed E-state index contributed by atoms with van der Waals surface area (Å²) in [4.78, 5) is 50.9. The molecule has 2 N–H and O–H groups in total. The molecular weight excluding hydrogens is 314 g/mol. The average Bonchev–Trinajstić information content (AvgIpc) is 2.99. The topological polar surface area (TPSA) is 107 Å². The molecule has 4 amide bonds. The molecular formula is C16H23N3O5. The van der Waals surface area contributed by atoms with Crippen molar-refractivity contribution >= 4 is 23.8 Å². The fourth-order valence-electron chi connectivity index (χ4n) is 4.22. The van der Waals surface area contributed by atoms with Gasteiger partial charge in [-0.2, -0.15) is 0 Å². The van der Waals surface area contributed by atoms with E-state index < -0.39 is 35.4 Å². The molecule has 3 fully saturated rings. The van der Waals surface area contributed by atoms with Gasteiger partial charge in [0.05, 0.1) is 0 Å². The van der Waals surface area contributed by atoms with Crippen LogP contribution in [0.3, 0.4) is 0 Å². The first-order valence-electron chi connectivity index (χ1n) is 8.40. The van der Waals surface area contributed by atoms with E-state index in [1.165, 1.54) is 9.80 Å². The summed E-state index contributed by atoms with van der Waals surface area (Å²) in [6, 6.07) is -1.52. The normalized spacial score (nSPS) is 31.8. The first-order valence-corrected chi connectivity index (χ1v) is 8.40. The molecule has 2 heterocycles. The molecule has 0 radical (unpaired) electrons. The van der Waals surface area contributed by atoms with Crippen molar-refractivity contribution in [2.75, 3.05) is 6.54 Å². The van der Waals surface area contributed by atoms with Crippen molar-refractivity contribution in [1.29, 1.82) is 0 Å². The van der Waals surface area contributed by atoms with E-state index in [1.54, 1.807) is 13.8 Å². The number of hydrogen-bond donors (Lipinski definition) is 2. The van der Waals surface area contributed by atoms with Crippen LogP contribution in [0.4, 0.5) is 4.79 Å². The standard InChI is InChI=1S/C16H23N3O5/c1-16(2)14(23)17-15(24)18(16)8-12(20)19-10-6-4-3-5-9(10)7-11(19)13(21)22/h9-11H,3-8H2,1-2H3,(H,21,22)(H,17,23,24)/t9-,10-,11+/m1/s1. The van der Waals surface area contributed by atoms with Gasteiger partial charge in [0, 0.05) is 6.04 Å². The predicted octanol–water partition coefficient (Wildman–Crippen LogP) is 0.561. The molecule has 0 aromatic heterocycles. The Morgan fingerprint density at radius 1 is 1.25 bits per heavy atom. The maximum atomic E-state index is 12.8. The second kappa shape index (κ2) is 5.75. The van der Waals surface area contributed by atoms with Crippen LogP contribution < -0.4 is 5.32 Å². The number of carboxylic acids is 1. The highest BCUT2D eigenvalue weighted by molar-refractivity contribution is 6.07. The molecule has 1 aliphatic carbocycles. The van der Waals surface area contributed by atoms with Crippen LogP contribution in [0.15, 0.2) is 0 Å². The Kier molecular flexibility index (Phi) is 4.01. The summed E-state index contributed by atoms with van der Waals surface area (Å²) in [6.07, 6.45) is 4.25. The monoisotopic (exact) mass is 337 g/mol. The minimum absolute atomic E-state index is 0.0724. The number of carbonyl (C=O) groups is 4. The maximum Gasteiger partial charge on any atom is 0.326 e. The number of rotatable bonds is 3. The molecule has 24 heavy (non-hydrogen) atoms. The molecule has 2 saturated heterocycles. The third-order valence-corrected chi connectivity index (χ3v) is 5.65. The number of likely N-dealkylation sites (tertiary alicyclic amines) is 1. The second-order valence-electron chi connectivity index (χ2n) is 7.41. The van der Waals surface area contributed by atoms with Gasteiger partial charge in [0.2, 0.25) is 5.91 Å². The fraction of sp³-hybridized carbons (Fsp3) is 0.750. The largest absolute Gasteiger partial charge is 0.480 e. The molecule has 3 aliphatic rings. The van der Waals surface area contributed by atoms with E-state index >= 15 is 0 Å². The zero-order chi connectivity index (χ0) is 17.6. The molecule has 2 aliphatic heterocycles. The van der Waals surface area contributed by atoms with Gasteiger partial charge in [0.15, 0.2) is 0 Å². The van der Waals surface area contributed by atoms with Crippen LogP contribution >= 0.6 is 0 Å². The summed E-state index contributed by atoms with van der Waals surface area (Å²) in [5.41, 5.74) is -1.11. The number of nitrogens with one attached hydrogen (secondary N) is 1. The maximum absolute atomic E-state index is 12.8. The summed E-state index contributed by atoms with van der Waals surface area (Å²) in [5, 5.41) is 11.7.